The van der Waals surface area contributed by atoms with Crippen molar-refractivity contribution in [1.29, 1.82) is 0 Å². The van der Waals surface area contributed by atoms with Crippen LogP contribution in [0.2, 0.25) is 0 Å². The van der Waals surface area contributed by atoms with Crippen LogP contribution in [0.3, 0.4) is 0 Å². The molecule has 0 radical (unpaired) electrons. The van der Waals surface area contributed by atoms with Crippen molar-refractivity contribution in [2.45, 2.75) is 39.7 Å². The minimum absolute atomic E-state index is 0.953. The maximum atomic E-state index is 4.84. The lowest BCUT2D eigenvalue weighted by atomic mass is 10.2. The fraction of sp³-hybridized carbons (Fsp3) is 0.800. The highest BCUT2D eigenvalue weighted by Gasteiger charge is 2.13. The van der Waals surface area contributed by atoms with E-state index in [4.69, 9.17) is 4.98 Å². The van der Waals surface area contributed by atoms with Crippen molar-refractivity contribution in [3.63, 3.8) is 0 Å². The highest BCUT2D eigenvalue weighted by Crippen LogP contribution is 2.26. The van der Waals surface area contributed by atoms with Gasteiger partial charge in [0.05, 0.1) is 5.69 Å². The largest absolute Gasteiger partial charge is 0.351 e. The first-order chi connectivity index (χ1) is 9.58. The topological polar surface area (TPSA) is 31.4 Å². The molecule has 5 heteroatoms. The van der Waals surface area contributed by atoms with Crippen molar-refractivity contribution in [3.05, 3.63) is 10.6 Å². The Morgan fingerprint density at radius 2 is 1.90 bits per heavy atom. The highest BCUT2D eigenvalue weighted by molar-refractivity contribution is 7.15. The number of aryl methyl sites for hydroxylation is 1. The van der Waals surface area contributed by atoms with Gasteiger partial charge in [-0.3, -0.25) is 0 Å². The van der Waals surface area contributed by atoms with Gasteiger partial charge in [0, 0.05) is 25.0 Å². The number of rotatable bonds is 10. The normalized spacial score (nSPS) is 11.3. The molecule has 0 fully saturated rings. The molecule has 1 aromatic rings. The first-order valence-electron chi connectivity index (χ1n) is 7.63. The van der Waals surface area contributed by atoms with E-state index in [1.807, 2.05) is 11.3 Å². The molecule has 0 atom stereocenters. The first-order valence-corrected chi connectivity index (χ1v) is 8.45. The molecule has 1 N–H and O–H groups in total. The molecule has 0 aliphatic carbocycles. The van der Waals surface area contributed by atoms with Gasteiger partial charge in [-0.25, -0.2) is 4.98 Å². The quantitative estimate of drug-likeness (QED) is 0.719. The van der Waals surface area contributed by atoms with Crippen molar-refractivity contribution in [1.82, 2.24) is 15.2 Å². The molecule has 0 saturated carbocycles. The zero-order chi connectivity index (χ0) is 15.0. The van der Waals surface area contributed by atoms with Gasteiger partial charge in [-0.05, 0) is 40.0 Å². The standard InChI is InChI=1S/C15H30N4S/c1-6-9-13-14(12-16-7-2)20-15(17-13)19(5)11-8-10-18(3)4/h16H,6-12H2,1-5H3. The van der Waals surface area contributed by atoms with E-state index >= 15 is 0 Å². The van der Waals surface area contributed by atoms with Crippen LogP contribution in [-0.2, 0) is 13.0 Å². The number of nitrogens with zero attached hydrogens (tertiary/aromatic N) is 3. The van der Waals surface area contributed by atoms with Crippen molar-refractivity contribution in [2.75, 3.05) is 45.7 Å². The molecule has 0 unspecified atom stereocenters. The fourth-order valence-corrected chi connectivity index (χ4v) is 3.12. The van der Waals surface area contributed by atoms with Gasteiger partial charge in [0.2, 0.25) is 0 Å². The third-order valence-electron chi connectivity index (χ3n) is 3.21. The summed E-state index contributed by atoms with van der Waals surface area (Å²) >= 11 is 1.85. The summed E-state index contributed by atoms with van der Waals surface area (Å²) < 4.78 is 0. The van der Waals surface area contributed by atoms with Crippen molar-refractivity contribution in [3.8, 4) is 0 Å². The van der Waals surface area contributed by atoms with Crippen molar-refractivity contribution in [2.24, 2.45) is 0 Å². The van der Waals surface area contributed by atoms with Crippen LogP contribution in [0.25, 0.3) is 0 Å². The maximum Gasteiger partial charge on any atom is 0.185 e. The smallest absolute Gasteiger partial charge is 0.185 e. The van der Waals surface area contributed by atoms with Crippen molar-refractivity contribution < 1.29 is 0 Å². The lowest BCUT2D eigenvalue weighted by Gasteiger charge is -2.17. The number of nitrogens with one attached hydrogen (secondary N) is 1. The summed E-state index contributed by atoms with van der Waals surface area (Å²) in [5.74, 6) is 0. The molecule has 0 aliphatic rings. The number of hydrogen-bond acceptors (Lipinski definition) is 5. The van der Waals surface area contributed by atoms with Crippen LogP contribution in [-0.4, -0.2) is 50.7 Å². The van der Waals surface area contributed by atoms with Gasteiger partial charge >= 0.3 is 0 Å². The van der Waals surface area contributed by atoms with Crippen LogP contribution in [0.4, 0.5) is 5.13 Å². The van der Waals surface area contributed by atoms with Crippen LogP contribution in [0.15, 0.2) is 0 Å². The van der Waals surface area contributed by atoms with E-state index in [1.165, 1.54) is 22.1 Å². The Morgan fingerprint density at radius 1 is 1.15 bits per heavy atom. The Kier molecular flexibility index (Phi) is 8.11. The Labute approximate surface area is 128 Å². The predicted molar refractivity (Wildman–Crippen MR) is 89.9 cm³/mol. The summed E-state index contributed by atoms with van der Waals surface area (Å²) in [6.07, 6.45) is 3.42. The monoisotopic (exact) mass is 298 g/mol. The molecule has 20 heavy (non-hydrogen) atoms. The Hall–Kier alpha value is -0.650. The third-order valence-corrected chi connectivity index (χ3v) is 4.43. The molecule has 1 rings (SSSR count). The van der Waals surface area contributed by atoms with Crippen LogP contribution in [0.5, 0.6) is 0 Å². The van der Waals surface area contributed by atoms with E-state index < -0.39 is 0 Å². The molecular formula is C15H30N4S. The predicted octanol–water partition coefficient (Wildman–Crippen LogP) is 2.59. The van der Waals surface area contributed by atoms with Crippen LogP contribution in [0.1, 0.15) is 37.3 Å². The molecule has 0 amide bonds. The number of hydrogen-bond donors (Lipinski definition) is 1. The van der Waals surface area contributed by atoms with Gasteiger partial charge in [0.25, 0.3) is 0 Å². The summed E-state index contributed by atoms with van der Waals surface area (Å²) in [4.78, 5) is 10.8. The summed E-state index contributed by atoms with van der Waals surface area (Å²) in [5.41, 5.74) is 1.29. The van der Waals surface area contributed by atoms with Gasteiger partial charge < -0.3 is 15.1 Å². The summed E-state index contributed by atoms with van der Waals surface area (Å²) in [7, 11) is 6.40. The Morgan fingerprint density at radius 3 is 2.50 bits per heavy atom. The maximum absolute atomic E-state index is 4.84. The summed E-state index contributed by atoms with van der Waals surface area (Å²) in [6, 6.07) is 0. The summed E-state index contributed by atoms with van der Waals surface area (Å²) in [6.45, 7) is 8.53. The Bertz CT molecular complexity index is 376. The molecule has 0 aliphatic heterocycles. The zero-order valence-electron chi connectivity index (χ0n) is 13.7. The Balaban J connectivity index is 2.63. The number of thiazole rings is 1. The number of anilines is 1. The highest BCUT2D eigenvalue weighted by atomic mass is 32.1. The lowest BCUT2D eigenvalue weighted by Crippen LogP contribution is -2.23. The van der Waals surface area contributed by atoms with Crippen LogP contribution >= 0.6 is 11.3 Å². The minimum atomic E-state index is 0.953. The van der Waals surface area contributed by atoms with E-state index in [1.54, 1.807) is 0 Å². The zero-order valence-corrected chi connectivity index (χ0v) is 14.5. The van der Waals surface area contributed by atoms with Gasteiger partial charge in [-0.15, -0.1) is 11.3 Å². The molecular weight excluding hydrogens is 268 g/mol. The second kappa shape index (κ2) is 9.32. The SMILES string of the molecule is CCCc1nc(N(C)CCCN(C)C)sc1CNCC. The van der Waals surface area contributed by atoms with Crippen LogP contribution in [0, 0.1) is 0 Å². The number of aromatic nitrogens is 1. The van der Waals surface area contributed by atoms with Gasteiger partial charge in [-0.1, -0.05) is 20.3 Å². The summed E-state index contributed by atoms with van der Waals surface area (Å²) in [5, 5.41) is 4.59. The molecule has 0 saturated heterocycles. The molecule has 0 spiro atoms. The van der Waals surface area contributed by atoms with E-state index in [-0.39, 0.29) is 0 Å². The molecule has 1 aromatic heterocycles. The van der Waals surface area contributed by atoms with Gasteiger partial charge in [0.15, 0.2) is 5.13 Å². The average molecular weight is 298 g/mol. The van der Waals surface area contributed by atoms with Crippen LogP contribution < -0.4 is 10.2 Å². The van der Waals surface area contributed by atoms with E-state index in [0.29, 0.717) is 0 Å². The molecule has 116 valence electrons. The fourth-order valence-electron chi connectivity index (χ4n) is 2.06. The second-order valence-electron chi connectivity index (χ2n) is 5.48. The molecule has 0 bridgehead atoms. The van der Waals surface area contributed by atoms with E-state index in [0.717, 1.165) is 39.0 Å². The minimum Gasteiger partial charge on any atom is -0.351 e. The second-order valence-corrected chi connectivity index (χ2v) is 6.54. The van der Waals surface area contributed by atoms with E-state index in [9.17, 15) is 0 Å². The van der Waals surface area contributed by atoms with Gasteiger partial charge in [-0.2, -0.15) is 0 Å². The molecule has 0 aromatic carbocycles. The lowest BCUT2D eigenvalue weighted by molar-refractivity contribution is 0.401. The van der Waals surface area contributed by atoms with Crippen molar-refractivity contribution >= 4 is 16.5 Å². The molecule has 4 nitrogen and oxygen atoms in total. The first kappa shape index (κ1) is 17.4. The third kappa shape index (κ3) is 5.77. The van der Waals surface area contributed by atoms with Gasteiger partial charge in [0.1, 0.15) is 0 Å². The average Bonchev–Trinajstić information content (AvgIpc) is 2.79. The molecule has 1 heterocycles. The van der Waals surface area contributed by atoms with E-state index in [2.05, 4.69) is 50.1 Å².